The van der Waals surface area contributed by atoms with Crippen molar-refractivity contribution < 1.29 is 19.0 Å². The zero-order valence-electron chi connectivity index (χ0n) is 15.5. The highest BCUT2D eigenvalue weighted by Crippen LogP contribution is 2.17. The van der Waals surface area contributed by atoms with Gasteiger partial charge in [0, 0.05) is 52.6 Å². The van der Waals surface area contributed by atoms with Gasteiger partial charge < -0.3 is 30.2 Å². The van der Waals surface area contributed by atoms with Gasteiger partial charge in [0.25, 0.3) is 0 Å². The number of rotatable bonds is 11. The van der Waals surface area contributed by atoms with Gasteiger partial charge in [-0.25, -0.2) is 0 Å². The van der Waals surface area contributed by atoms with Crippen LogP contribution in [0.3, 0.4) is 0 Å². The minimum Gasteiger partial charge on any atom is -0.493 e. The minimum atomic E-state index is -0.129. The van der Waals surface area contributed by atoms with Crippen LogP contribution in [0, 0.1) is 0 Å². The summed E-state index contributed by atoms with van der Waals surface area (Å²) in [5.74, 6) is 1.13. The minimum absolute atomic E-state index is 0. The predicted octanol–water partition coefficient (Wildman–Crippen LogP) is 1.47. The van der Waals surface area contributed by atoms with E-state index in [4.69, 9.17) is 14.2 Å². The van der Waals surface area contributed by atoms with E-state index in [9.17, 15) is 4.79 Å². The molecule has 1 aromatic carbocycles. The molecule has 0 radical (unpaired) electrons. The number of nitrogens with zero attached hydrogens (tertiary/aromatic N) is 1. The monoisotopic (exact) mass is 480 g/mol. The third-order valence-corrected chi connectivity index (χ3v) is 3.13. The Bertz CT molecular complexity index is 543. The summed E-state index contributed by atoms with van der Waals surface area (Å²) < 4.78 is 15.5. The second-order valence-corrected chi connectivity index (χ2v) is 5.12. The number of amides is 1. The summed E-state index contributed by atoms with van der Waals surface area (Å²) in [5, 5.41) is 8.81. The SMILES string of the molecule is CN=C(NCC(=O)NCCOC)Nc1cccc(OCCCOC)c1.I. The number of halogens is 1. The fourth-order valence-corrected chi connectivity index (χ4v) is 1.89. The summed E-state index contributed by atoms with van der Waals surface area (Å²) in [7, 11) is 4.90. The first-order chi connectivity index (χ1) is 12.2. The summed E-state index contributed by atoms with van der Waals surface area (Å²) in [6.45, 7) is 2.34. The second-order valence-electron chi connectivity index (χ2n) is 5.12. The molecule has 148 valence electrons. The van der Waals surface area contributed by atoms with E-state index in [1.807, 2.05) is 24.3 Å². The van der Waals surface area contributed by atoms with E-state index in [1.54, 1.807) is 21.3 Å². The molecule has 3 N–H and O–H groups in total. The molecule has 0 bridgehead atoms. The Balaban J connectivity index is 0.00000625. The molecule has 1 aromatic rings. The molecule has 8 nitrogen and oxygen atoms in total. The maximum atomic E-state index is 11.7. The highest BCUT2D eigenvalue weighted by atomic mass is 127. The lowest BCUT2D eigenvalue weighted by molar-refractivity contribution is -0.120. The van der Waals surface area contributed by atoms with Crippen molar-refractivity contribution in [2.45, 2.75) is 6.42 Å². The summed E-state index contributed by atoms with van der Waals surface area (Å²) in [6, 6.07) is 7.54. The van der Waals surface area contributed by atoms with Crippen LogP contribution in [-0.4, -0.2) is 66.0 Å². The number of methoxy groups -OCH3 is 2. The van der Waals surface area contributed by atoms with E-state index in [1.165, 1.54) is 0 Å². The van der Waals surface area contributed by atoms with Crippen LogP contribution in [0.4, 0.5) is 5.69 Å². The summed E-state index contributed by atoms with van der Waals surface area (Å²) in [5.41, 5.74) is 0.817. The van der Waals surface area contributed by atoms with Gasteiger partial charge in [-0.2, -0.15) is 0 Å². The number of aliphatic imine (C=N–C) groups is 1. The molecule has 0 aliphatic carbocycles. The van der Waals surface area contributed by atoms with Crippen LogP contribution in [0.5, 0.6) is 5.75 Å². The first kappa shape index (κ1) is 24.4. The van der Waals surface area contributed by atoms with Crippen molar-refractivity contribution in [1.29, 1.82) is 0 Å². The van der Waals surface area contributed by atoms with Crippen molar-refractivity contribution in [2.24, 2.45) is 4.99 Å². The molecule has 1 amide bonds. The molecule has 9 heteroatoms. The van der Waals surface area contributed by atoms with E-state index in [2.05, 4.69) is 20.9 Å². The van der Waals surface area contributed by atoms with Crippen LogP contribution in [-0.2, 0) is 14.3 Å². The summed E-state index contributed by atoms with van der Waals surface area (Å²) >= 11 is 0. The van der Waals surface area contributed by atoms with Crippen molar-refractivity contribution in [3.05, 3.63) is 24.3 Å². The summed E-state index contributed by atoms with van der Waals surface area (Å²) in [6.07, 6.45) is 0.829. The first-order valence-electron chi connectivity index (χ1n) is 8.14. The number of anilines is 1. The topological polar surface area (TPSA) is 93.2 Å². The average Bonchev–Trinajstić information content (AvgIpc) is 2.63. The number of ether oxygens (including phenoxy) is 3. The first-order valence-corrected chi connectivity index (χ1v) is 8.14. The maximum absolute atomic E-state index is 11.7. The molecule has 0 heterocycles. The van der Waals surface area contributed by atoms with E-state index in [-0.39, 0.29) is 36.4 Å². The molecule has 0 aliphatic rings. The maximum Gasteiger partial charge on any atom is 0.239 e. The third-order valence-electron chi connectivity index (χ3n) is 3.13. The van der Waals surface area contributed by atoms with Gasteiger partial charge in [-0.1, -0.05) is 6.07 Å². The lowest BCUT2D eigenvalue weighted by atomic mass is 10.3. The molecule has 0 saturated carbocycles. The van der Waals surface area contributed by atoms with Gasteiger partial charge >= 0.3 is 0 Å². The number of nitrogens with one attached hydrogen (secondary N) is 3. The zero-order chi connectivity index (χ0) is 18.3. The lowest BCUT2D eigenvalue weighted by Crippen LogP contribution is -2.40. The fraction of sp³-hybridized carbons (Fsp3) is 0.529. The molecular weight excluding hydrogens is 451 g/mol. The largest absolute Gasteiger partial charge is 0.493 e. The van der Waals surface area contributed by atoms with Crippen LogP contribution in [0.15, 0.2) is 29.3 Å². The van der Waals surface area contributed by atoms with E-state index in [0.29, 0.717) is 32.3 Å². The molecule has 1 rings (SSSR count). The van der Waals surface area contributed by atoms with Gasteiger partial charge in [0.1, 0.15) is 5.75 Å². The van der Waals surface area contributed by atoms with Crippen LogP contribution < -0.4 is 20.7 Å². The van der Waals surface area contributed by atoms with Gasteiger partial charge in [-0.3, -0.25) is 9.79 Å². The Hall–Kier alpha value is -1.59. The number of carbonyl (C=O) groups is 1. The van der Waals surface area contributed by atoms with Crippen LogP contribution in [0.2, 0.25) is 0 Å². The zero-order valence-corrected chi connectivity index (χ0v) is 17.9. The van der Waals surface area contributed by atoms with Crippen molar-refractivity contribution >= 4 is 41.5 Å². The fourth-order valence-electron chi connectivity index (χ4n) is 1.89. The quantitative estimate of drug-likeness (QED) is 0.192. The Morgan fingerprint density at radius 3 is 2.58 bits per heavy atom. The predicted molar refractivity (Wildman–Crippen MR) is 114 cm³/mol. The molecular formula is C17H29IN4O4. The van der Waals surface area contributed by atoms with Crippen LogP contribution in [0.25, 0.3) is 0 Å². The smallest absolute Gasteiger partial charge is 0.239 e. The van der Waals surface area contributed by atoms with Gasteiger partial charge in [-0.05, 0) is 12.1 Å². The van der Waals surface area contributed by atoms with Gasteiger partial charge in [0.05, 0.1) is 19.8 Å². The number of guanidine groups is 1. The van der Waals surface area contributed by atoms with Gasteiger partial charge in [0.2, 0.25) is 5.91 Å². The Morgan fingerprint density at radius 2 is 1.88 bits per heavy atom. The van der Waals surface area contributed by atoms with Crippen molar-refractivity contribution in [2.75, 3.05) is 59.5 Å². The Kier molecular flexibility index (Phi) is 14.7. The Labute approximate surface area is 172 Å². The van der Waals surface area contributed by atoms with E-state index in [0.717, 1.165) is 17.9 Å². The van der Waals surface area contributed by atoms with Crippen molar-refractivity contribution in [1.82, 2.24) is 10.6 Å². The molecule has 26 heavy (non-hydrogen) atoms. The summed E-state index contributed by atoms with van der Waals surface area (Å²) in [4.78, 5) is 15.8. The third kappa shape index (κ3) is 11.1. The van der Waals surface area contributed by atoms with Crippen LogP contribution >= 0.6 is 24.0 Å². The molecule has 0 unspecified atom stereocenters. The normalized spacial score (nSPS) is 10.7. The standard InChI is InChI=1S/C17H28N4O4.HI/c1-18-17(20-13-16(22)19-8-11-24-3)21-14-6-4-7-15(12-14)25-10-5-9-23-2;/h4,6-7,12H,5,8-11,13H2,1-3H3,(H,19,22)(H2,18,20,21);1H. The van der Waals surface area contributed by atoms with Gasteiger partial charge in [0.15, 0.2) is 5.96 Å². The number of hydrogen-bond acceptors (Lipinski definition) is 5. The average molecular weight is 480 g/mol. The highest BCUT2D eigenvalue weighted by Gasteiger charge is 2.04. The van der Waals surface area contributed by atoms with E-state index < -0.39 is 0 Å². The highest BCUT2D eigenvalue weighted by molar-refractivity contribution is 14.0. The van der Waals surface area contributed by atoms with Crippen molar-refractivity contribution in [3.8, 4) is 5.75 Å². The molecule has 0 saturated heterocycles. The number of carbonyl (C=O) groups excluding carboxylic acids is 1. The molecule has 0 fully saturated rings. The Morgan fingerprint density at radius 1 is 1.12 bits per heavy atom. The van der Waals surface area contributed by atoms with E-state index >= 15 is 0 Å². The number of benzene rings is 1. The van der Waals surface area contributed by atoms with Crippen molar-refractivity contribution in [3.63, 3.8) is 0 Å². The molecule has 0 aliphatic heterocycles. The lowest BCUT2D eigenvalue weighted by Gasteiger charge is -2.13. The van der Waals surface area contributed by atoms with Gasteiger partial charge in [-0.15, -0.1) is 24.0 Å². The second kappa shape index (κ2) is 15.6. The number of hydrogen-bond donors (Lipinski definition) is 3. The molecule has 0 spiro atoms. The molecule has 0 aromatic heterocycles. The van der Waals surface area contributed by atoms with Crippen LogP contribution in [0.1, 0.15) is 6.42 Å². The molecule has 0 atom stereocenters.